The van der Waals surface area contributed by atoms with E-state index in [0.717, 1.165) is 0 Å². The van der Waals surface area contributed by atoms with E-state index in [4.69, 9.17) is 10.8 Å². The van der Waals surface area contributed by atoms with Gasteiger partial charge in [-0.15, -0.1) is 0 Å². The summed E-state index contributed by atoms with van der Waals surface area (Å²) in [5.41, 5.74) is 5.47. The van der Waals surface area contributed by atoms with Crippen molar-refractivity contribution >= 4 is 5.91 Å². The molecule has 1 amide bonds. The van der Waals surface area contributed by atoms with E-state index >= 15 is 0 Å². The van der Waals surface area contributed by atoms with Crippen LogP contribution in [-0.2, 0) is 4.79 Å². The highest BCUT2D eigenvalue weighted by Crippen LogP contribution is 2.09. The normalized spacial score (nSPS) is 15.5. The molecule has 0 radical (unpaired) electrons. The summed E-state index contributed by atoms with van der Waals surface area (Å²) in [5, 5.41) is 11.4. The Hall–Kier alpha value is -0.610. The first-order valence-electron chi connectivity index (χ1n) is 4.64. The van der Waals surface area contributed by atoms with Crippen molar-refractivity contribution in [3.05, 3.63) is 0 Å². The Labute approximate surface area is 79.5 Å². The fourth-order valence-electron chi connectivity index (χ4n) is 1.08. The van der Waals surface area contributed by atoms with Gasteiger partial charge in [0.1, 0.15) is 0 Å². The Morgan fingerprint density at radius 1 is 1.46 bits per heavy atom. The van der Waals surface area contributed by atoms with Crippen molar-refractivity contribution in [2.24, 2.45) is 17.6 Å². The highest BCUT2D eigenvalue weighted by Gasteiger charge is 2.21. The van der Waals surface area contributed by atoms with Crippen LogP contribution in [0.4, 0.5) is 0 Å². The summed E-state index contributed by atoms with van der Waals surface area (Å²) in [7, 11) is 0. The van der Waals surface area contributed by atoms with E-state index in [-0.39, 0.29) is 30.4 Å². The molecule has 13 heavy (non-hydrogen) atoms. The van der Waals surface area contributed by atoms with Crippen molar-refractivity contribution < 1.29 is 9.90 Å². The molecule has 4 N–H and O–H groups in total. The molecule has 2 unspecified atom stereocenters. The number of carbonyl (C=O) groups excluding carboxylic acids is 1. The van der Waals surface area contributed by atoms with Gasteiger partial charge < -0.3 is 16.2 Å². The van der Waals surface area contributed by atoms with Gasteiger partial charge in [-0.1, -0.05) is 13.8 Å². The summed E-state index contributed by atoms with van der Waals surface area (Å²) in [6, 6.07) is -0.194. The number of hydrogen-bond acceptors (Lipinski definition) is 3. The molecule has 0 aliphatic rings. The Balaban J connectivity index is 4.06. The standard InChI is InChI=1S/C9H20N2O2/c1-6(2)8(4-10)9(13)11-7(3)5-12/h6-8,12H,4-5,10H2,1-3H3,(H,11,13). The Bertz CT molecular complexity index is 160. The first-order valence-corrected chi connectivity index (χ1v) is 4.64. The van der Waals surface area contributed by atoms with Gasteiger partial charge in [0.05, 0.1) is 12.5 Å². The van der Waals surface area contributed by atoms with E-state index in [2.05, 4.69) is 5.32 Å². The van der Waals surface area contributed by atoms with Crippen LogP contribution >= 0.6 is 0 Å². The minimum absolute atomic E-state index is 0.0405. The third kappa shape index (κ3) is 4.24. The molecule has 0 saturated carbocycles. The number of carbonyl (C=O) groups is 1. The fraction of sp³-hybridized carbons (Fsp3) is 0.889. The van der Waals surface area contributed by atoms with E-state index < -0.39 is 0 Å². The molecule has 0 heterocycles. The molecule has 78 valence electrons. The van der Waals surface area contributed by atoms with Crippen LogP contribution in [0.3, 0.4) is 0 Å². The first-order chi connectivity index (χ1) is 6.02. The predicted molar refractivity (Wildman–Crippen MR) is 52.1 cm³/mol. The average molecular weight is 188 g/mol. The second kappa shape index (κ2) is 5.94. The van der Waals surface area contributed by atoms with Gasteiger partial charge in [-0.3, -0.25) is 4.79 Å². The highest BCUT2D eigenvalue weighted by atomic mass is 16.3. The summed E-state index contributed by atoms with van der Waals surface area (Å²) in [6.07, 6.45) is 0. The van der Waals surface area contributed by atoms with Gasteiger partial charge in [0.2, 0.25) is 5.91 Å². The lowest BCUT2D eigenvalue weighted by Crippen LogP contribution is -2.43. The number of aliphatic hydroxyl groups is 1. The van der Waals surface area contributed by atoms with E-state index in [1.54, 1.807) is 6.92 Å². The smallest absolute Gasteiger partial charge is 0.224 e. The Morgan fingerprint density at radius 3 is 2.31 bits per heavy atom. The minimum Gasteiger partial charge on any atom is -0.394 e. The molecule has 0 rings (SSSR count). The predicted octanol–water partition coefficient (Wildman–Crippen LogP) is -0.286. The molecule has 0 aliphatic carbocycles. The molecule has 0 saturated heterocycles. The van der Waals surface area contributed by atoms with Crippen LogP contribution < -0.4 is 11.1 Å². The van der Waals surface area contributed by atoms with Crippen LogP contribution in [0.5, 0.6) is 0 Å². The lowest BCUT2D eigenvalue weighted by molar-refractivity contribution is -0.126. The second-order valence-corrected chi connectivity index (χ2v) is 3.68. The van der Waals surface area contributed by atoms with Crippen molar-refractivity contribution in [2.75, 3.05) is 13.2 Å². The maximum absolute atomic E-state index is 11.5. The van der Waals surface area contributed by atoms with Crippen LogP contribution in [0.2, 0.25) is 0 Å². The van der Waals surface area contributed by atoms with Crippen LogP contribution in [0.15, 0.2) is 0 Å². The van der Waals surface area contributed by atoms with E-state index in [0.29, 0.717) is 6.54 Å². The van der Waals surface area contributed by atoms with Crippen LogP contribution in [-0.4, -0.2) is 30.2 Å². The van der Waals surface area contributed by atoms with Gasteiger partial charge in [-0.25, -0.2) is 0 Å². The van der Waals surface area contributed by atoms with E-state index in [1.807, 2.05) is 13.8 Å². The van der Waals surface area contributed by atoms with Crippen molar-refractivity contribution in [3.63, 3.8) is 0 Å². The van der Waals surface area contributed by atoms with Gasteiger partial charge >= 0.3 is 0 Å². The topological polar surface area (TPSA) is 75.3 Å². The Kier molecular flexibility index (Phi) is 5.66. The molecule has 0 aliphatic heterocycles. The molecular weight excluding hydrogens is 168 g/mol. The van der Waals surface area contributed by atoms with Gasteiger partial charge in [0.25, 0.3) is 0 Å². The molecule has 2 atom stereocenters. The lowest BCUT2D eigenvalue weighted by atomic mass is 9.95. The highest BCUT2D eigenvalue weighted by molar-refractivity contribution is 5.79. The van der Waals surface area contributed by atoms with E-state index in [9.17, 15) is 4.79 Å². The third-order valence-electron chi connectivity index (χ3n) is 2.06. The summed E-state index contributed by atoms with van der Waals surface area (Å²) in [5.74, 6) is 0.00365. The number of nitrogens with two attached hydrogens (primary N) is 1. The SMILES string of the molecule is CC(CO)NC(=O)C(CN)C(C)C. The fourth-order valence-corrected chi connectivity index (χ4v) is 1.08. The van der Waals surface area contributed by atoms with Crippen molar-refractivity contribution in [3.8, 4) is 0 Å². The Morgan fingerprint density at radius 2 is 2.00 bits per heavy atom. The molecule has 0 spiro atoms. The summed E-state index contributed by atoms with van der Waals surface area (Å²) >= 11 is 0. The van der Waals surface area contributed by atoms with Crippen molar-refractivity contribution in [1.29, 1.82) is 0 Å². The number of rotatable bonds is 5. The van der Waals surface area contributed by atoms with Gasteiger partial charge in [0, 0.05) is 12.6 Å². The van der Waals surface area contributed by atoms with Gasteiger partial charge in [-0.2, -0.15) is 0 Å². The summed E-state index contributed by atoms with van der Waals surface area (Å²) in [4.78, 5) is 11.5. The summed E-state index contributed by atoms with van der Waals surface area (Å²) in [6.45, 7) is 5.98. The number of hydrogen-bond donors (Lipinski definition) is 3. The number of aliphatic hydroxyl groups excluding tert-OH is 1. The maximum Gasteiger partial charge on any atom is 0.224 e. The number of nitrogens with one attached hydrogen (secondary N) is 1. The lowest BCUT2D eigenvalue weighted by Gasteiger charge is -2.20. The zero-order valence-electron chi connectivity index (χ0n) is 8.58. The van der Waals surface area contributed by atoms with Crippen LogP contribution in [0.1, 0.15) is 20.8 Å². The molecule has 4 nitrogen and oxygen atoms in total. The van der Waals surface area contributed by atoms with E-state index in [1.165, 1.54) is 0 Å². The van der Waals surface area contributed by atoms with Crippen LogP contribution in [0.25, 0.3) is 0 Å². The largest absolute Gasteiger partial charge is 0.394 e. The monoisotopic (exact) mass is 188 g/mol. The molecule has 0 aromatic rings. The van der Waals surface area contributed by atoms with Gasteiger partial charge in [-0.05, 0) is 12.8 Å². The molecular formula is C9H20N2O2. The molecule has 0 aromatic heterocycles. The first kappa shape index (κ1) is 12.4. The quantitative estimate of drug-likeness (QED) is 0.555. The third-order valence-corrected chi connectivity index (χ3v) is 2.06. The average Bonchev–Trinajstić information content (AvgIpc) is 2.04. The minimum atomic E-state index is -0.194. The molecule has 4 heteroatoms. The van der Waals surface area contributed by atoms with Crippen molar-refractivity contribution in [2.45, 2.75) is 26.8 Å². The van der Waals surface area contributed by atoms with Gasteiger partial charge in [0.15, 0.2) is 0 Å². The zero-order chi connectivity index (χ0) is 10.4. The van der Waals surface area contributed by atoms with Crippen molar-refractivity contribution in [1.82, 2.24) is 5.32 Å². The molecule has 0 bridgehead atoms. The maximum atomic E-state index is 11.5. The number of amides is 1. The second-order valence-electron chi connectivity index (χ2n) is 3.68. The van der Waals surface area contributed by atoms with Crippen LogP contribution in [0, 0.1) is 11.8 Å². The molecule has 0 fully saturated rings. The summed E-state index contributed by atoms with van der Waals surface area (Å²) < 4.78 is 0. The molecule has 0 aromatic carbocycles. The zero-order valence-corrected chi connectivity index (χ0v) is 8.58.